The van der Waals surface area contributed by atoms with E-state index < -0.39 is 18.2 Å². The van der Waals surface area contributed by atoms with Crippen molar-refractivity contribution in [2.24, 2.45) is 0 Å². The van der Waals surface area contributed by atoms with Crippen LogP contribution in [-0.2, 0) is 0 Å². The summed E-state index contributed by atoms with van der Waals surface area (Å²) < 4.78 is 0.395. The van der Waals surface area contributed by atoms with E-state index in [-0.39, 0.29) is 18.4 Å². The zero-order valence-electron chi connectivity index (χ0n) is 9.68. The molecule has 7 heteroatoms. The summed E-state index contributed by atoms with van der Waals surface area (Å²) in [4.78, 5) is 27.2. The van der Waals surface area contributed by atoms with Crippen LogP contribution < -0.4 is 5.43 Å². The second kappa shape index (κ2) is 4.74. The molecule has 1 aromatic rings. The molecular weight excluding hydrogens is 304 g/mol. The van der Waals surface area contributed by atoms with Crippen molar-refractivity contribution in [3.05, 3.63) is 32.2 Å². The summed E-state index contributed by atoms with van der Waals surface area (Å²) in [5.74, 6) is 0. The van der Waals surface area contributed by atoms with Gasteiger partial charge >= 0.3 is 6.09 Å². The van der Waals surface area contributed by atoms with Crippen molar-refractivity contribution in [2.45, 2.75) is 25.5 Å². The molecule has 0 radical (unpaired) electrons. The first-order chi connectivity index (χ1) is 8.41. The molecule has 0 bridgehead atoms. The number of aliphatic hydroxyl groups is 1. The third kappa shape index (κ3) is 2.15. The number of aromatic nitrogens is 1. The van der Waals surface area contributed by atoms with Crippen LogP contribution >= 0.6 is 15.9 Å². The molecule has 2 rings (SSSR count). The molecule has 1 fully saturated rings. The summed E-state index contributed by atoms with van der Waals surface area (Å²) in [6.45, 7) is 1.78. The van der Waals surface area contributed by atoms with Gasteiger partial charge in [-0.05, 0) is 29.3 Å². The van der Waals surface area contributed by atoms with Crippen molar-refractivity contribution in [2.75, 3.05) is 6.54 Å². The van der Waals surface area contributed by atoms with Gasteiger partial charge in [0.05, 0.1) is 23.2 Å². The zero-order valence-corrected chi connectivity index (χ0v) is 11.3. The summed E-state index contributed by atoms with van der Waals surface area (Å²) in [6.07, 6.45) is -0.107. The average molecular weight is 317 g/mol. The topological polar surface area (TPSA) is 93.6 Å². The fraction of sp³-hybridized carbons (Fsp3) is 0.455. The van der Waals surface area contributed by atoms with Crippen molar-refractivity contribution in [1.82, 2.24) is 9.88 Å². The fourth-order valence-electron chi connectivity index (χ4n) is 2.18. The van der Waals surface area contributed by atoms with Crippen LogP contribution in [0.25, 0.3) is 0 Å². The first-order valence-corrected chi connectivity index (χ1v) is 6.26. The number of nitrogens with one attached hydrogen (secondary N) is 1. The molecule has 18 heavy (non-hydrogen) atoms. The molecule has 0 aromatic carbocycles. The molecule has 98 valence electrons. The highest BCUT2D eigenvalue weighted by Gasteiger charge is 2.36. The van der Waals surface area contributed by atoms with Crippen LogP contribution in [0.4, 0.5) is 4.79 Å². The minimum Gasteiger partial charge on any atom is -0.465 e. The molecule has 1 aromatic heterocycles. The highest BCUT2D eigenvalue weighted by Crippen LogP contribution is 2.30. The maximum atomic E-state index is 12.1. The molecule has 3 N–H and O–H groups in total. The zero-order chi connectivity index (χ0) is 13.4. The highest BCUT2D eigenvalue weighted by atomic mass is 79.9. The number of pyridine rings is 1. The van der Waals surface area contributed by atoms with Crippen LogP contribution in [-0.4, -0.2) is 38.8 Å². The Morgan fingerprint density at radius 1 is 1.61 bits per heavy atom. The van der Waals surface area contributed by atoms with Crippen LogP contribution in [0.3, 0.4) is 0 Å². The van der Waals surface area contributed by atoms with E-state index in [0.29, 0.717) is 15.7 Å². The largest absolute Gasteiger partial charge is 0.465 e. The van der Waals surface area contributed by atoms with Crippen LogP contribution in [0, 0.1) is 6.92 Å². The van der Waals surface area contributed by atoms with Crippen LogP contribution in [0.2, 0.25) is 0 Å². The quantitative estimate of drug-likeness (QED) is 0.726. The molecule has 0 saturated carbocycles. The number of rotatable bonds is 1. The van der Waals surface area contributed by atoms with Crippen molar-refractivity contribution >= 4 is 22.0 Å². The van der Waals surface area contributed by atoms with E-state index >= 15 is 0 Å². The normalized spacial score (nSPS) is 23.4. The van der Waals surface area contributed by atoms with E-state index in [1.54, 1.807) is 6.92 Å². The molecule has 0 spiro atoms. The first kappa shape index (κ1) is 13.1. The van der Waals surface area contributed by atoms with E-state index in [1.807, 2.05) is 0 Å². The number of carbonyl (C=O) groups is 1. The van der Waals surface area contributed by atoms with Gasteiger partial charge < -0.3 is 15.2 Å². The number of carboxylic acid groups (broad SMARTS) is 1. The second-order valence-electron chi connectivity index (χ2n) is 4.35. The van der Waals surface area contributed by atoms with Crippen LogP contribution in [0.5, 0.6) is 0 Å². The molecule has 0 aliphatic carbocycles. The Kier molecular flexibility index (Phi) is 3.45. The Bertz CT molecular complexity index is 542. The smallest absolute Gasteiger partial charge is 0.407 e. The van der Waals surface area contributed by atoms with E-state index in [4.69, 9.17) is 5.11 Å². The maximum Gasteiger partial charge on any atom is 0.407 e. The SMILES string of the molecule is Cc1[nH]cc(C2C[C@@H](O)CN2C(=O)O)c(=O)c1Br. The number of aryl methyl sites for hydroxylation is 1. The summed E-state index contributed by atoms with van der Waals surface area (Å²) in [6, 6.07) is -0.599. The fourth-order valence-corrected chi connectivity index (χ4v) is 2.52. The number of aromatic amines is 1. The number of hydrogen-bond acceptors (Lipinski definition) is 3. The van der Waals surface area contributed by atoms with E-state index in [1.165, 1.54) is 6.20 Å². The standard InChI is InChI=1S/C11H13BrN2O4/c1-5-9(12)10(16)7(3-13-5)8-2-6(15)4-14(8)11(17)18/h3,6,8,15H,2,4H2,1H3,(H,13,16)(H,17,18)/t6-,8?/m1/s1. The van der Waals surface area contributed by atoms with Crippen molar-refractivity contribution in [3.63, 3.8) is 0 Å². The van der Waals surface area contributed by atoms with Gasteiger partial charge in [-0.2, -0.15) is 0 Å². The van der Waals surface area contributed by atoms with Gasteiger partial charge in [0.1, 0.15) is 0 Å². The number of nitrogens with zero attached hydrogens (tertiary/aromatic N) is 1. The first-order valence-electron chi connectivity index (χ1n) is 5.47. The Balaban J connectivity index is 2.45. The number of likely N-dealkylation sites (tertiary alicyclic amines) is 1. The number of aliphatic hydroxyl groups excluding tert-OH is 1. The third-order valence-corrected chi connectivity index (χ3v) is 4.07. The van der Waals surface area contributed by atoms with Crippen LogP contribution in [0.15, 0.2) is 15.5 Å². The third-order valence-electron chi connectivity index (χ3n) is 3.12. The predicted octanol–water partition coefficient (Wildman–Crippen LogP) is 1.23. The van der Waals surface area contributed by atoms with Crippen molar-refractivity contribution in [1.29, 1.82) is 0 Å². The molecule has 2 atom stereocenters. The van der Waals surface area contributed by atoms with Crippen molar-refractivity contribution in [3.8, 4) is 0 Å². The lowest BCUT2D eigenvalue weighted by Gasteiger charge is -2.21. The molecule has 1 aliphatic heterocycles. The lowest BCUT2D eigenvalue weighted by Crippen LogP contribution is -2.32. The van der Waals surface area contributed by atoms with Gasteiger partial charge in [-0.3, -0.25) is 9.69 Å². The van der Waals surface area contributed by atoms with Crippen molar-refractivity contribution < 1.29 is 15.0 Å². The van der Waals surface area contributed by atoms with Gasteiger partial charge in [-0.25, -0.2) is 4.79 Å². The highest BCUT2D eigenvalue weighted by molar-refractivity contribution is 9.10. The minimum atomic E-state index is -1.13. The number of H-pyrrole nitrogens is 1. The van der Waals surface area contributed by atoms with Gasteiger partial charge in [-0.1, -0.05) is 0 Å². The molecule has 6 nitrogen and oxygen atoms in total. The maximum absolute atomic E-state index is 12.1. The monoisotopic (exact) mass is 316 g/mol. The molecule has 1 aliphatic rings. The number of hydrogen-bond donors (Lipinski definition) is 3. The van der Waals surface area contributed by atoms with Gasteiger partial charge in [0.2, 0.25) is 5.43 Å². The Morgan fingerprint density at radius 3 is 2.89 bits per heavy atom. The Hall–Kier alpha value is -1.34. The van der Waals surface area contributed by atoms with E-state index in [0.717, 1.165) is 4.90 Å². The number of amides is 1. The molecule has 2 heterocycles. The number of halogens is 1. The van der Waals surface area contributed by atoms with Gasteiger partial charge in [0.15, 0.2) is 0 Å². The summed E-state index contributed by atoms with van der Waals surface area (Å²) in [5, 5.41) is 18.6. The van der Waals surface area contributed by atoms with E-state index in [2.05, 4.69) is 20.9 Å². The summed E-state index contributed by atoms with van der Waals surface area (Å²) in [7, 11) is 0. The average Bonchev–Trinajstić information content (AvgIpc) is 2.68. The second-order valence-corrected chi connectivity index (χ2v) is 5.15. The Morgan fingerprint density at radius 2 is 2.28 bits per heavy atom. The summed E-state index contributed by atoms with van der Waals surface area (Å²) in [5.41, 5.74) is 0.798. The van der Waals surface area contributed by atoms with Gasteiger partial charge in [-0.15, -0.1) is 0 Å². The molecule has 1 amide bonds. The van der Waals surface area contributed by atoms with Gasteiger partial charge in [0, 0.05) is 17.5 Å². The molecule has 1 saturated heterocycles. The lowest BCUT2D eigenvalue weighted by atomic mass is 10.1. The predicted molar refractivity (Wildman–Crippen MR) is 67.6 cm³/mol. The number of β-amino-alcohol motifs (C(OH)–C–C–N with tert-alkyl or cyclic N) is 1. The minimum absolute atomic E-state index is 0.0327. The Labute approximate surface area is 111 Å². The van der Waals surface area contributed by atoms with E-state index in [9.17, 15) is 14.7 Å². The molecule has 1 unspecified atom stereocenters. The van der Waals surface area contributed by atoms with Gasteiger partial charge in [0.25, 0.3) is 0 Å². The summed E-state index contributed by atoms with van der Waals surface area (Å²) >= 11 is 3.18. The van der Waals surface area contributed by atoms with Crippen LogP contribution in [0.1, 0.15) is 23.7 Å². The molecular formula is C11H13BrN2O4. The lowest BCUT2D eigenvalue weighted by molar-refractivity contribution is 0.131.